The Hall–Kier alpha value is -2.24. The van der Waals surface area contributed by atoms with Crippen molar-refractivity contribution in [3.63, 3.8) is 0 Å². The van der Waals surface area contributed by atoms with Crippen molar-refractivity contribution in [3.05, 3.63) is 71.8 Å². The van der Waals surface area contributed by atoms with Gasteiger partial charge in [0.1, 0.15) is 5.75 Å². The van der Waals surface area contributed by atoms with Gasteiger partial charge in [0.05, 0.1) is 6.10 Å². The minimum atomic E-state index is 0.359. The van der Waals surface area contributed by atoms with E-state index in [1.54, 1.807) is 11.8 Å². The van der Waals surface area contributed by atoms with Gasteiger partial charge in [-0.25, -0.2) is 0 Å². The monoisotopic (exact) mass is 425 g/mol. The molecule has 0 radical (unpaired) electrons. The molecular weight excluding hydrogens is 402 g/mol. The summed E-state index contributed by atoms with van der Waals surface area (Å²) >= 11 is 7.91. The Kier molecular flexibility index (Phi) is 6.57. The van der Waals surface area contributed by atoms with Gasteiger partial charge in [0.2, 0.25) is 0 Å². The van der Waals surface area contributed by atoms with Crippen LogP contribution in [0.25, 0.3) is 11.4 Å². The molecule has 150 valence electrons. The second-order valence-corrected chi connectivity index (χ2v) is 8.48. The molecule has 1 aliphatic rings. The van der Waals surface area contributed by atoms with Gasteiger partial charge < -0.3 is 4.74 Å². The Morgan fingerprint density at radius 2 is 1.86 bits per heavy atom. The van der Waals surface area contributed by atoms with Gasteiger partial charge in [-0.15, -0.1) is 16.8 Å². The summed E-state index contributed by atoms with van der Waals surface area (Å²) in [4.78, 5) is 0. The molecule has 29 heavy (non-hydrogen) atoms. The van der Waals surface area contributed by atoms with Crippen molar-refractivity contribution in [2.75, 3.05) is 0 Å². The van der Waals surface area contributed by atoms with E-state index in [9.17, 15) is 0 Å². The predicted octanol–water partition coefficient (Wildman–Crippen LogP) is 6.40. The first kappa shape index (κ1) is 20.0. The van der Waals surface area contributed by atoms with E-state index < -0.39 is 0 Å². The standard InChI is InChI=1S/C23H24ClN3OS/c1-2-15-27-22(17-11-13-20(14-12-17)28-19-8-4-5-9-19)25-26-23(27)29-16-18-7-3-6-10-21(18)24/h2-3,6-7,10-14,19H,1,4-5,8-9,15-16H2. The molecule has 4 rings (SSSR count). The molecule has 0 spiro atoms. The molecule has 0 amide bonds. The van der Waals surface area contributed by atoms with Gasteiger partial charge in [-0.3, -0.25) is 4.57 Å². The summed E-state index contributed by atoms with van der Waals surface area (Å²) < 4.78 is 8.16. The van der Waals surface area contributed by atoms with Crippen molar-refractivity contribution < 1.29 is 4.74 Å². The van der Waals surface area contributed by atoms with Crippen molar-refractivity contribution in [2.24, 2.45) is 0 Å². The van der Waals surface area contributed by atoms with Gasteiger partial charge >= 0.3 is 0 Å². The summed E-state index contributed by atoms with van der Waals surface area (Å²) in [6, 6.07) is 16.0. The van der Waals surface area contributed by atoms with E-state index in [0.29, 0.717) is 12.6 Å². The Morgan fingerprint density at radius 3 is 2.59 bits per heavy atom. The number of nitrogens with zero attached hydrogens (tertiary/aromatic N) is 3. The predicted molar refractivity (Wildman–Crippen MR) is 120 cm³/mol. The van der Waals surface area contributed by atoms with Crippen LogP contribution >= 0.6 is 23.4 Å². The zero-order chi connectivity index (χ0) is 20.1. The van der Waals surface area contributed by atoms with E-state index in [1.165, 1.54) is 12.8 Å². The molecule has 0 bridgehead atoms. The lowest BCUT2D eigenvalue weighted by Gasteiger charge is -2.13. The van der Waals surface area contributed by atoms with Gasteiger partial charge in [-0.2, -0.15) is 0 Å². The second kappa shape index (κ2) is 9.51. The first-order chi connectivity index (χ1) is 14.2. The highest BCUT2D eigenvalue weighted by Crippen LogP contribution is 2.30. The molecule has 0 aliphatic heterocycles. The molecule has 1 saturated carbocycles. The van der Waals surface area contributed by atoms with Gasteiger partial charge in [0, 0.05) is 22.9 Å². The van der Waals surface area contributed by atoms with Crippen molar-refractivity contribution in [1.29, 1.82) is 0 Å². The highest BCUT2D eigenvalue weighted by molar-refractivity contribution is 7.98. The van der Waals surface area contributed by atoms with Gasteiger partial charge in [0.25, 0.3) is 0 Å². The molecule has 0 unspecified atom stereocenters. The first-order valence-corrected chi connectivity index (χ1v) is 11.3. The fraction of sp³-hybridized carbons (Fsp3) is 0.304. The van der Waals surface area contributed by atoms with Gasteiger partial charge in [0.15, 0.2) is 11.0 Å². The Balaban J connectivity index is 1.51. The summed E-state index contributed by atoms with van der Waals surface area (Å²) in [5, 5.41) is 10.5. The second-order valence-electron chi connectivity index (χ2n) is 7.13. The molecular formula is C23H24ClN3OS. The molecule has 3 aromatic rings. The highest BCUT2D eigenvalue weighted by atomic mass is 35.5. The van der Waals surface area contributed by atoms with E-state index in [-0.39, 0.29) is 0 Å². The van der Waals surface area contributed by atoms with Crippen LogP contribution < -0.4 is 4.74 Å². The van der Waals surface area contributed by atoms with Crippen LogP contribution in [0.4, 0.5) is 0 Å². The van der Waals surface area contributed by atoms with E-state index >= 15 is 0 Å². The minimum absolute atomic E-state index is 0.359. The van der Waals surface area contributed by atoms with Crippen LogP contribution in [-0.4, -0.2) is 20.9 Å². The zero-order valence-corrected chi connectivity index (χ0v) is 17.8. The van der Waals surface area contributed by atoms with E-state index in [0.717, 1.165) is 51.5 Å². The zero-order valence-electron chi connectivity index (χ0n) is 16.3. The number of benzene rings is 2. The molecule has 1 heterocycles. The molecule has 6 heteroatoms. The number of ether oxygens (including phenoxy) is 1. The number of thioether (sulfide) groups is 1. The average molecular weight is 426 g/mol. The lowest BCUT2D eigenvalue weighted by Crippen LogP contribution is -2.10. The van der Waals surface area contributed by atoms with Crippen molar-refractivity contribution in [2.45, 2.75) is 49.2 Å². The number of aromatic nitrogens is 3. The third-order valence-corrected chi connectivity index (χ3v) is 6.44. The quantitative estimate of drug-likeness (QED) is 0.309. The summed E-state index contributed by atoms with van der Waals surface area (Å²) in [6.07, 6.45) is 7.06. The number of rotatable bonds is 8. The van der Waals surface area contributed by atoms with E-state index in [2.05, 4.69) is 33.5 Å². The molecule has 1 fully saturated rings. The molecule has 1 aliphatic carbocycles. The molecule has 0 atom stereocenters. The highest BCUT2D eigenvalue weighted by Gasteiger charge is 2.17. The van der Waals surface area contributed by atoms with Crippen LogP contribution in [0.3, 0.4) is 0 Å². The number of hydrogen-bond donors (Lipinski definition) is 0. The molecule has 2 aromatic carbocycles. The fourth-order valence-electron chi connectivity index (χ4n) is 3.54. The molecule has 4 nitrogen and oxygen atoms in total. The maximum absolute atomic E-state index is 6.28. The lowest BCUT2D eigenvalue weighted by atomic mass is 10.2. The first-order valence-electron chi connectivity index (χ1n) is 9.92. The van der Waals surface area contributed by atoms with E-state index in [4.69, 9.17) is 16.3 Å². The average Bonchev–Trinajstić information content (AvgIpc) is 3.39. The summed E-state index contributed by atoms with van der Waals surface area (Å²) in [6.45, 7) is 4.53. The van der Waals surface area contributed by atoms with Crippen molar-refractivity contribution >= 4 is 23.4 Å². The lowest BCUT2D eigenvalue weighted by molar-refractivity contribution is 0.210. The molecule has 0 N–H and O–H groups in total. The Morgan fingerprint density at radius 1 is 1.10 bits per heavy atom. The van der Waals surface area contributed by atoms with Crippen LogP contribution in [0, 0.1) is 0 Å². The Labute approximate surface area is 181 Å². The van der Waals surface area contributed by atoms with Crippen LogP contribution in [0.2, 0.25) is 5.02 Å². The Bertz CT molecular complexity index is 965. The van der Waals surface area contributed by atoms with Crippen LogP contribution in [-0.2, 0) is 12.3 Å². The summed E-state index contributed by atoms with van der Waals surface area (Å²) in [5.74, 6) is 2.49. The molecule has 0 saturated heterocycles. The minimum Gasteiger partial charge on any atom is -0.490 e. The number of halogens is 1. The topological polar surface area (TPSA) is 39.9 Å². The van der Waals surface area contributed by atoms with E-state index in [1.807, 2.05) is 42.5 Å². The third kappa shape index (κ3) is 4.85. The summed E-state index contributed by atoms with van der Waals surface area (Å²) in [5.41, 5.74) is 2.10. The molecule has 1 aromatic heterocycles. The van der Waals surface area contributed by atoms with Crippen molar-refractivity contribution in [3.8, 4) is 17.1 Å². The maximum Gasteiger partial charge on any atom is 0.192 e. The third-order valence-electron chi connectivity index (χ3n) is 5.06. The maximum atomic E-state index is 6.28. The van der Waals surface area contributed by atoms with Gasteiger partial charge in [-0.1, -0.05) is 47.6 Å². The summed E-state index contributed by atoms with van der Waals surface area (Å²) in [7, 11) is 0. The number of hydrogen-bond acceptors (Lipinski definition) is 4. The van der Waals surface area contributed by atoms with Crippen molar-refractivity contribution in [1.82, 2.24) is 14.8 Å². The SMILES string of the molecule is C=CCn1c(SCc2ccccc2Cl)nnc1-c1ccc(OC2CCCC2)cc1. The van der Waals surface area contributed by atoms with Crippen LogP contribution in [0.1, 0.15) is 31.2 Å². The van der Waals surface area contributed by atoms with Crippen LogP contribution in [0.15, 0.2) is 66.3 Å². The fourth-order valence-corrected chi connectivity index (χ4v) is 4.78. The van der Waals surface area contributed by atoms with Crippen LogP contribution in [0.5, 0.6) is 5.75 Å². The van der Waals surface area contributed by atoms with Gasteiger partial charge in [-0.05, 0) is 61.6 Å². The largest absolute Gasteiger partial charge is 0.490 e. The normalized spacial score (nSPS) is 14.2. The number of allylic oxidation sites excluding steroid dienone is 1. The smallest absolute Gasteiger partial charge is 0.192 e.